The van der Waals surface area contributed by atoms with Gasteiger partial charge in [0.1, 0.15) is 0 Å². The molecule has 1 unspecified atom stereocenters. The molecule has 2 heteroatoms. The average Bonchev–Trinajstić information content (AvgIpc) is 2.04. The topological polar surface area (TPSA) is 44.0 Å². The molecule has 0 saturated carbocycles. The first-order valence-electron chi connectivity index (χ1n) is 4.67. The maximum Gasteiger partial charge on any atom is 0.0758 e. The van der Waals surface area contributed by atoms with Gasteiger partial charge in [-0.2, -0.15) is 5.26 Å². The molecule has 0 bridgehead atoms. The highest BCUT2D eigenvalue weighted by Crippen LogP contribution is 2.14. The van der Waals surface area contributed by atoms with E-state index in [2.05, 4.69) is 18.8 Å². The molecular formula is C11H17NO. The maximum atomic E-state index is 9.58. The van der Waals surface area contributed by atoms with E-state index >= 15 is 0 Å². The Kier molecular flexibility index (Phi) is 6.02. The zero-order valence-electron chi connectivity index (χ0n) is 8.43. The van der Waals surface area contributed by atoms with Crippen LogP contribution in [0.4, 0.5) is 0 Å². The number of nitriles is 1. The van der Waals surface area contributed by atoms with Crippen LogP contribution in [-0.4, -0.2) is 10.7 Å². The van der Waals surface area contributed by atoms with Crippen molar-refractivity contribution in [1.82, 2.24) is 0 Å². The van der Waals surface area contributed by atoms with Crippen molar-refractivity contribution in [2.75, 3.05) is 0 Å². The molecular weight excluding hydrogens is 162 g/mol. The van der Waals surface area contributed by atoms with E-state index in [0.717, 1.165) is 12.8 Å². The highest BCUT2D eigenvalue weighted by Gasteiger charge is 2.18. The molecule has 0 aliphatic carbocycles. The fourth-order valence-corrected chi connectivity index (χ4v) is 0.892. The van der Waals surface area contributed by atoms with E-state index < -0.39 is 5.60 Å². The van der Waals surface area contributed by atoms with Crippen LogP contribution in [0.1, 0.15) is 46.0 Å². The fraction of sp³-hybridized carbons (Fsp3) is 0.727. The molecule has 2 nitrogen and oxygen atoms in total. The molecule has 0 aliphatic heterocycles. The zero-order chi connectivity index (χ0) is 10.2. The van der Waals surface area contributed by atoms with Crippen LogP contribution in [0.3, 0.4) is 0 Å². The van der Waals surface area contributed by atoms with Crippen LogP contribution in [0.5, 0.6) is 0 Å². The first-order chi connectivity index (χ1) is 6.12. The minimum atomic E-state index is -0.865. The van der Waals surface area contributed by atoms with E-state index in [1.54, 1.807) is 6.92 Å². The third-order valence-corrected chi connectivity index (χ3v) is 1.75. The summed E-state index contributed by atoms with van der Waals surface area (Å²) in [6, 6.07) is 1.96. The molecule has 13 heavy (non-hydrogen) atoms. The molecule has 0 aromatic carbocycles. The number of hydrogen-bond donors (Lipinski definition) is 1. The van der Waals surface area contributed by atoms with Gasteiger partial charge >= 0.3 is 0 Å². The highest BCUT2D eigenvalue weighted by atomic mass is 16.3. The van der Waals surface area contributed by atoms with Crippen LogP contribution in [0.2, 0.25) is 0 Å². The number of unbranched alkanes of at least 4 members (excludes halogenated alkanes) is 1. The van der Waals surface area contributed by atoms with Gasteiger partial charge in [0.05, 0.1) is 18.1 Å². The first-order valence-corrected chi connectivity index (χ1v) is 4.67. The van der Waals surface area contributed by atoms with Crippen LogP contribution in [-0.2, 0) is 0 Å². The summed E-state index contributed by atoms with van der Waals surface area (Å²) in [6.45, 7) is 3.76. The van der Waals surface area contributed by atoms with E-state index in [0.29, 0.717) is 12.8 Å². The van der Waals surface area contributed by atoms with Gasteiger partial charge in [-0.15, -0.1) is 11.8 Å². The van der Waals surface area contributed by atoms with Gasteiger partial charge in [0, 0.05) is 12.8 Å². The lowest BCUT2D eigenvalue weighted by Crippen LogP contribution is -2.22. The minimum absolute atomic E-state index is 0.183. The minimum Gasteiger partial charge on any atom is -0.389 e. The normalized spacial score (nSPS) is 13.7. The molecule has 0 aromatic heterocycles. The Balaban J connectivity index is 3.65. The number of aliphatic hydroxyl groups is 1. The molecule has 0 aliphatic rings. The lowest BCUT2D eigenvalue weighted by atomic mass is 9.97. The Morgan fingerprint density at radius 1 is 1.31 bits per heavy atom. The first kappa shape index (κ1) is 12.0. The molecule has 72 valence electrons. The van der Waals surface area contributed by atoms with Crippen molar-refractivity contribution in [3.8, 4) is 17.9 Å². The Morgan fingerprint density at radius 2 is 1.92 bits per heavy atom. The van der Waals surface area contributed by atoms with Crippen LogP contribution >= 0.6 is 0 Å². The predicted octanol–water partition coefficient (Wildman–Crippen LogP) is 2.23. The standard InChI is InChI=1S/C11H17NO/c1-3-4-5-6-7-8-11(2,13)9-10-12/h13H,3-4,7-9H2,1-2H3. The largest absolute Gasteiger partial charge is 0.389 e. The number of nitrogens with zero attached hydrogens (tertiary/aromatic N) is 1. The molecule has 0 radical (unpaired) electrons. The molecule has 1 N–H and O–H groups in total. The Labute approximate surface area is 80.6 Å². The van der Waals surface area contributed by atoms with Gasteiger partial charge in [0.2, 0.25) is 0 Å². The van der Waals surface area contributed by atoms with Gasteiger partial charge in [-0.05, 0) is 19.8 Å². The van der Waals surface area contributed by atoms with Crippen molar-refractivity contribution >= 4 is 0 Å². The lowest BCUT2D eigenvalue weighted by molar-refractivity contribution is 0.0574. The SMILES string of the molecule is CCCC#CCCC(C)(O)CC#N. The third-order valence-electron chi connectivity index (χ3n) is 1.75. The van der Waals surface area contributed by atoms with Crippen molar-refractivity contribution in [1.29, 1.82) is 5.26 Å². The second kappa shape index (κ2) is 6.52. The van der Waals surface area contributed by atoms with Crippen molar-refractivity contribution in [3.05, 3.63) is 0 Å². The summed E-state index contributed by atoms with van der Waals surface area (Å²) in [5.41, 5.74) is -0.865. The maximum absolute atomic E-state index is 9.58. The molecule has 0 fully saturated rings. The highest BCUT2D eigenvalue weighted by molar-refractivity contribution is 5.00. The summed E-state index contributed by atoms with van der Waals surface area (Å²) in [4.78, 5) is 0. The van der Waals surface area contributed by atoms with Crippen molar-refractivity contribution < 1.29 is 5.11 Å². The average molecular weight is 179 g/mol. The summed E-state index contributed by atoms with van der Waals surface area (Å²) in [7, 11) is 0. The van der Waals surface area contributed by atoms with Crippen LogP contribution in [0.25, 0.3) is 0 Å². The smallest absolute Gasteiger partial charge is 0.0758 e. The second-order valence-electron chi connectivity index (χ2n) is 3.44. The van der Waals surface area contributed by atoms with Crippen molar-refractivity contribution in [2.24, 2.45) is 0 Å². The van der Waals surface area contributed by atoms with Crippen molar-refractivity contribution in [2.45, 2.75) is 51.6 Å². The predicted molar refractivity (Wildman–Crippen MR) is 52.8 cm³/mol. The molecule has 0 heterocycles. The van der Waals surface area contributed by atoms with E-state index in [9.17, 15) is 5.11 Å². The summed E-state index contributed by atoms with van der Waals surface area (Å²) in [5.74, 6) is 5.99. The van der Waals surface area contributed by atoms with Crippen LogP contribution in [0, 0.1) is 23.2 Å². The van der Waals surface area contributed by atoms with Gasteiger partial charge in [-0.1, -0.05) is 6.92 Å². The number of hydrogen-bond acceptors (Lipinski definition) is 2. The van der Waals surface area contributed by atoms with E-state index in [-0.39, 0.29) is 6.42 Å². The van der Waals surface area contributed by atoms with E-state index in [1.807, 2.05) is 6.07 Å². The second-order valence-corrected chi connectivity index (χ2v) is 3.44. The van der Waals surface area contributed by atoms with Gasteiger partial charge in [0.15, 0.2) is 0 Å². The Bertz CT molecular complexity index is 227. The summed E-state index contributed by atoms with van der Waals surface area (Å²) in [6.07, 6.45) is 3.43. The summed E-state index contributed by atoms with van der Waals surface area (Å²) in [5, 5.41) is 18.0. The molecule has 1 atom stereocenters. The lowest BCUT2D eigenvalue weighted by Gasteiger charge is -2.17. The zero-order valence-corrected chi connectivity index (χ0v) is 8.43. The van der Waals surface area contributed by atoms with Gasteiger partial charge in [-0.25, -0.2) is 0 Å². The fourth-order valence-electron chi connectivity index (χ4n) is 0.892. The molecule has 0 aromatic rings. The Hall–Kier alpha value is -0.990. The quantitative estimate of drug-likeness (QED) is 0.672. The van der Waals surface area contributed by atoms with E-state index in [4.69, 9.17) is 5.26 Å². The van der Waals surface area contributed by atoms with Gasteiger partial charge in [-0.3, -0.25) is 0 Å². The molecule has 0 amide bonds. The Morgan fingerprint density at radius 3 is 2.46 bits per heavy atom. The van der Waals surface area contributed by atoms with Crippen LogP contribution in [0.15, 0.2) is 0 Å². The van der Waals surface area contributed by atoms with Crippen LogP contribution < -0.4 is 0 Å². The van der Waals surface area contributed by atoms with Crippen molar-refractivity contribution in [3.63, 3.8) is 0 Å². The molecule has 0 spiro atoms. The molecule has 0 saturated heterocycles. The monoisotopic (exact) mass is 179 g/mol. The van der Waals surface area contributed by atoms with Gasteiger partial charge < -0.3 is 5.11 Å². The summed E-state index contributed by atoms with van der Waals surface area (Å²) < 4.78 is 0. The molecule has 0 rings (SSSR count). The number of rotatable bonds is 4. The van der Waals surface area contributed by atoms with E-state index in [1.165, 1.54) is 0 Å². The third kappa shape index (κ3) is 7.37. The summed E-state index contributed by atoms with van der Waals surface area (Å²) >= 11 is 0. The van der Waals surface area contributed by atoms with Gasteiger partial charge in [0.25, 0.3) is 0 Å².